The Morgan fingerprint density at radius 1 is 1.14 bits per heavy atom. The quantitative estimate of drug-likeness (QED) is 0.848. The topological polar surface area (TPSA) is 32.3 Å². The minimum atomic E-state index is -0.0109. The van der Waals surface area contributed by atoms with Crippen molar-refractivity contribution in [1.82, 2.24) is 10.2 Å². The Bertz CT molecular complexity index is 492. The Hall–Kier alpha value is -1.35. The van der Waals surface area contributed by atoms with Crippen molar-refractivity contribution in [3.8, 4) is 0 Å². The summed E-state index contributed by atoms with van der Waals surface area (Å²) in [6.45, 7) is 1.65. The van der Waals surface area contributed by atoms with Gasteiger partial charge in [-0.3, -0.25) is 4.79 Å². The van der Waals surface area contributed by atoms with Crippen LogP contribution in [0.5, 0.6) is 0 Å². The Balaban J connectivity index is 1.76. The van der Waals surface area contributed by atoms with Crippen LogP contribution in [0.25, 0.3) is 0 Å². The molecule has 3 heteroatoms. The summed E-state index contributed by atoms with van der Waals surface area (Å²) in [5.41, 5.74) is 2.50. The number of benzene rings is 1. The molecule has 1 aromatic rings. The van der Waals surface area contributed by atoms with Crippen LogP contribution in [-0.4, -0.2) is 30.4 Å². The minimum absolute atomic E-state index is 0.0109. The zero-order valence-corrected chi connectivity index (χ0v) is 13.0. The summed E-state index contributed by atoms with van der Waals surface area (Å²) in [6, 6.07) is 8.81. The van der Waals surface area contributed by atoms with E-state index in [1.807, 2.05) is 11.9 Å². The van der Waals surface area contributed by atoms with Crippen LogP contribution in [0, 0.1) is 0 Å². The predicted molar refractivity (Wildman–Crippen MR) is 85.1 cm³/mol. The molecule has 21 heavy (non-hydrogen) atoms. The lowest BCUT2D eigenvalue weighted by molar-refractivity contribution is -0.134. The van der Waals surface area contributed by atoms with Gasteiger partial charge in [-0.25, -0.2) is 0 Å². The largest absolute Gasteiger partial charge is 0.342 e. The lowest BCUT2D eigenvalue weighted by Gasteiger charge is -2.33. The van der Waals surface area contributed by atoms with E-state index >= 15 is 0 Å². The van der Waals surface area contributed by atoms with Gasteiger partial charge in [-0.15, -0.1) is 0 Å². The van der Waals surface area contributed by atoms with E-state index in [-0.39, 0.29) is 5.92 Å². The maximum atomic E-state index is 13.0. The van der Waals surface area contributed by atoms with Gasteiger partial charge in [0.2, 0.25) is 5.91 Å². The number of hydrogen-bond acceptors (Lipinski definition) is 2. The first-order valence-corrected chi connectivity index (χ1v) is 8.32. The van der Waals surface area contributed by atoms with Gasteiger partial charge in [-0.05, 0) is 24.0 Å². The molecule has 1 aliphatic heterocycles. The summed E-state index contributed by atoms with van der Waals surface area (Å²) in [5.74, 6) is 0.282. The van der Waals surface area contributed by atoms with Gasteiger partial charge in [0.25, 0.3) is 0 Å². The molecule has 1 N–H and O–H groups in total. The molecule has 1 aliphatic carbocycles. The maximum Gasteiger partial charge on any atom is 0.231 e. The molecule has 0 bridgehead atoms. The highest BCUT2D eigenvalue weighted by molar-refractivity contribution is 5.84. The molecule has 1 atom stereocenters. The van der Waals surface area contributed by atoms with Crippen LogP contribution in [-0.2, 0) is 11.3 Å². The number of amides is 1. The van der Waals surface area contributed by atoms with Gasteiger partial charge < -0.3 is 10.2 Å². The highest BCUT2D eigenvalue weighted by Gasteiger charge is 2.31. The summed E-state index contributed by atoms with van der Waals surface area (Å²) in [4.78, 5) is 15.0. The van der Waals surface area contributed by atoms with Crippen LogP contribution < -0.4 is 5.32 Å². The molecule has 0 aromatic heterocycles. The van der Waals surface area contributed by atoms with E-state index in [2.05, 4.69) is 29.6 Å². The summed E-state index contributed by atoms with van der Waals surface area (Å²) >= 11 is 0. The highest BCUT2D eigenvalue weighted by atomic mass is 16.2. The number of likely N-dealkylation sites (N-methyl/N-ethyl adjacent to an activating group) is 1. The second kappa shape index (κ2) is 6.61. The molecule has 1 unspecified atom stereocenters. The molecule has 0 saturated heterocycles. The van der Waals surface area contributed by atoms with E-state index in [0.29, 0.717) is 11.9 Å². The normalized spacial score (nSPS) is 23.2. The van der Waals surface area contributed by atoms with Crippen molar-refractivity contribution in [3.05, 3.63) is 35.4 Å². The summed E-state index contributed by atoms with van der Waals surface area (Å²) in [6.07, 6.45) is 7.52. The zero-order chi connectivity index (χ0) is 14.7. The molecule has 2 aliphatic rings. The van der Waals surface area contributed by atoms with Gasteiger partial charge in [0, 0.05) is 26.2 Å². The fraction of sp³-hybridized carbons (Fsp3) is 0.611. The first kappa shape index (κ1) is 14.6. The van der Waals surface area contributed by atoms with Gasteiger partial charge in [-0.1, -0.05) is 49.9 Å². The molecule has 1 aromatic carbocycles. The first-order valence-electron chi connectivity index (χ1n) is 8.32. The maximum absolute atomic E-state index is 13.0. The first-order chi connectivity index (χ1) is 10.3. The second-order valence-corrected chi connectivity index (χ2v) is 6.48. The number of nitrogens with one attached hydrogen (secondary N) is 1. The van der Waals surface area contributed by atoms with Gasteiger partial charge >= 0.3 is 0 Å². The second-order valence-electron chi connectivity index (χ2n) is 6.48. The Kier molecular flexibility index (Phi) is 4.59. The molecule has 0 radical (unpaired) electrons. The van der Waals surface area contributed by atoms with Crippen LogP contribution in [0.2, 0.25) is 0 Å². The minimum Gasteiger partial charge on any atom is -0.342 e. The van der Waals surface area contributed by atoms with Crippen molar-refractivity contribution in [1.29, 1.82) is 0 Å². The molecular formula is C18H26N2O. The van der Waals surface area contributed by atoms with Crippen molar-refractivity contribution < 1.29 is 4.79 Å². The zero-order valence-electron chi connectivity index (χ0n) is 13.0. The molecular weight excluding hydrogens is 260 g/mol. The number of carbonyl (C=O) groups excluding carboxylic acids is 1. The van der Waals surface area contributed by atoms with E-state index in [9.17, 15) is 4.79 Å². The van der Waals surface area contributed by atoms with Crippen molar-refractivity contribution in [2.45, 2.75) is 57.0 Å². The van der Waals surface area contributed by atoms with Crippen LogP contribution in [0.1, 0.15) is 55.6 Å². The van der Waals surface area contributed by atoms with Crippen molar-refractivity contribution in [2.24, 2.45) is 0 Å². The molecule has 3 nitrogen and oxygen atoms in total. The van der Waals surface area contributed by atoms with Crippen molar-refractivity contribution in [3.63, 3.8) is 0 Å². The van der Waals surface area contributed by atoms with E-state index in [0.717, 1.165) is 13.1 Å². The van der Waals surface area contributed by atoms with E-state index in [1.165, 1.54) is 49.7 Å². The summed E-state index contributed by atoms with van der Waals surface area (Å²) in [7, 11) is 2.01. The fourth-order valence-electron chi connectivity index (χ4n) is 3.79. The average molecular weight is 286 g/mol. The fourth-order valence-corrected chi connectivity index (χ4v) is 3.79. The predicted octanol–water partition coefficient (Wildman–Crippen LogP) is 3.05. The third-order valence-electron chi connectivity index (χ3n) is 5.11. The number of fused-ring (bicyclic) bond motifs is 1. The van der Waals surface area contributed by atoms with E-state index in [4.69, 9.17) is 0 Å². The van der Waals surface area contributed by atoms with Gasteiger partial charge in [0.1, 0.15) is 0 Å². The Morgan fingerprint density at radius 3 is 2.62 bits per heavy atom. The summed E-state index contributed by atoms with van der Waals surface area (Å²) < 4.78 is 0. The van der Waals surface area contributed by atoms with E-state index < -0.39 is 0 Å². The third-order valence-corrected chi connectivity index (χ3v) is 5.11. The van der Waals surface area contributed by atoms with Crippen molar-refractivity contribution >= 4 is 5.91 Å². The number of rotatable bonds is 2. The number of carbonyl (C=O) groups is 1. The van der Waals surface area contributed by atoms with Crippen LogP contribution in [0.15, 0.2) is 24.3 Å². The van der Waals surface area contributed by atoms with Crippen LogP contribution in [0.3, 0.4) is 0 Å². The molecule has 1 saturated carbocycles. The Labute approximate surface area is 127 Å². The Morgan fingerprint density at radius 2 is 1.86 bits per heavy atom. The molecule has 1 amide bonds. The number of hydrogen-bond donors (Lipinski definition) is 1. The standard InChI is InChI=1S/C18H26N2O/c1-20(15-9-4-2-3-5-10-15)18(21)17-13-19-12-14-8-6-7-11-16(14)17/h6-8,11,15,17,19H,2-5,9-10,12-13H2,1H3. The molecule has 1 heterocycles. The van der Waals surface area contributed by atoms with Gasteiger partial charge in [-0.2, -0.15) is 0 Å². The molecule has 0 spiro atoms. The van der Waals surface area contributed by atoms with Crippen LogP contribution >= 0.6 is 0 Å². The monoisotopic (exact) mass is 286 g/mol. The van der Waals surface area contributed by atoms with Crippen molar-refractivity contribution in [2.75, 3.05) is 13.6 Å². The lowest BCUT2D eigenvalue weighted by atomic mass is 9.89. The van der Waals surface area contributed by atoms with Gasteiger partial charge in [0.05, 0.1) is 5.92 Å². The summed E-state index contributed by atoms with van der Waals surface area (Å²) in [5, 5.41) is 3.39. The van der Waals surface area contributed by atoms with Crippen LogP contribution in [0.4, 0.5) is 0 Å². The molecule has 114 valence electrons. The lowest BCUT2D eigenvalue weighted by Crippen LogP contribution is -2.44. The molecule has 1 fully saturated rings. The average Bonchev–Trinajstić information content (AvgIpc) is 2.82. The SMILES string of the molecule is CN(C(=O)C1CNCc2ccccc21)C1CCCCCC1. The highest BCUT2D eigenvalue weighted by Crippen LogP contribution is 2.28. The smallest absolute Gasteiger partial charge is 0.231 e. The molecule has 3 rings (SSSR count). The third kappa shape index (κ3) is 3.13. The van der Waals surface area contributed by atoms with E-state index in [1.54, 1.807) is 0 Å². The van der Waals surface area contributed by atoms with Gasteiger partial charge in [0.15, 0.2) is 0 Å². The number of nitrogens with zero attached hydrogens (tertiary/aromatic N) is 1.